The van der Waals surface area contributed by atoms with E-state index in [9.17, 15) is 9.59 Å². The zero-order valence-electron chi connectivity index (χ0n) is 9.99. The van der Waals surface area contributed by atoms with Crippen LogP contribution in [0.15, 0.2) is 24.3 Å². The zero-order chi connectivity index (χ0) is 12.7. The highest BCUT2D eigenvalue weighted by molar-refractivity contribution is 5.90. The average molecular weight is 248 g/mol. The number of carbonyl (C=O) groups excluding carboxylic acids is 1. The van der Waals surface area contributed by atoms with Gasteiger partial charge in [-0.05, 0) is 42.9 Å². The van der Waals surface area contributed by atoms with Gasteiger partial charge in [-0.1, -0.05) is 12.2 Å². The minimum atomic E-state index is -1.13. The number of hydrogen-bond acceptors (Lipinski definition) is 3. The number of hydrogen-bond donors (Lipinski definition) is 1. The second kappa shape index (κ2) is 4.26. The first-order valence-electron chi connectivity index (χ1n) is 6.43. The maximum atomic E-state index is 11.5. The molecule has 3 rings (SSSR count). The maximum absolute atomic E-state index is 11.5. The Balaban J connectivity index is 1.60. The van der Waals surface area contributed by atoms with Crippen LogP contribution in [0.1, 0.15) is 19.3 Å². The number of fused-ring (bicyclic) bond motifs is 5. The molecule has 4 nitrogen and oxygen atoms in total. The summed E-state index contributed by atoms with van der Waals surface area (Å²) in [6.07, 6.45) is 9.56. The Morgan fingerprint density at radius 2 is 2.06 bits per heavy atom. The molecule has 0 aromatic rings. The van der Waals surface area contributed by atoms with Crippen LogP contribution in [0.2, 0.25) is 0 Å². The molecule has 0 aliphatic heterocycles. The molecule has 0 radical (unpaired) electrons. The van der Waals surface area contributed by atoms with Crippen LogP contribution in [0.5, 0.6) is 0 Å². The van der Waals surface area contributed by atoms with Crippen molar-refractivity contribution in [3.8, 4) is 0 Å². The third-order valence-corrected chi connectivity index (χ3v) is 4.57. The van der Waals surface area contributed by atoms with Gasteiger partial charge in [0.15, 0.2) is 0 Å². The topological polar surface area (TPSA) is 63.6 Å². The fourth-order valence-corrected chi connectivity index (χ4v) is 3.96. The van der Waals surface area contributed by atoms with Gasteiger partial charge in [0, 0.05) is 12.2 Å². The molecule has 0 spiro atoms. The van der Waals surface area contributed by atoms with E-state index in [-0.39, 0.29) is 6.10 Å². The molecule has 0 aromatic carbocycles. The average Bonchev–Trinajstić information content (AvgIpc) is 2.97. The summed E-state index contributed by atoms with van der Waals surface area (Å²) in [5.41, 5.74) is 0. The van der Waals surface area contributed by atoms with Crippen molar-refractivity contribution in [2.45, 2.75) is 25.4 Å². The van der Waals surface area contributed by atoms with Crippen molar-refractivity contribution in [3.05, 3.63) is 24.3 Å². The summed E-state index contributed by atoms with van der Waals surface area (Å²) in [5.74, 6) is 0.805. The van der Waals surface area contributed by atoms with Crippen LogP contribution >= 0.6 is 0 Å². The highest BCUT2D eigenvalue weighted by Crippen LogP contribution is 2.57. The molecular formula is C14H16O4. The van der Waals surface area contributed by atoms with E-state index in [1.54, 1.807) is 0 Å². The van der Waals surface area contributed by atoms with Gasteiger partial charge in [-0.3, -0.25) is 0 Å². The second-order valence-corrected chi connectivity index (χ2v) is 5.45. The molecule has 0 heterocycles. The SMILES string of the molecule is O=C(O)/C=C\C(=O)OC1CC2CC1C1CC=CC21. The van der Waals surface area contributed by atoms with Gasteiger partial charge < -0.3 is 9.84 Å². The van der Waals surface area contributed by atoms with Gasteiger partial charge in [-0.2, -0.15) is 0 Å². The number of carbonyl (C=O) groups is 2. The normalized spacial score (nSPS) is 40.3. The van der Waals surface area contributed by atoms with Crippen molar-refractivity contribution in [2.24, 2.45) is 23.7 Å². The van der Waals surface area contributed by atoms with E-state index in [2.05, 4.69) is 12.2 Å². The predicted octanol–water partition coefficient (Wildman–Crippen LogP) is 1.77. The molecule has 0 amide bonds. The number of esters is 1. The summed E-state index contributed by atoms with van der Waals surface area (Å²) in [6.45, 7) is 0. The Bertz CT molecular complexity index is 437. The lowest BCUT2D eigenvalue weighted by molar-refractivity contribution is -0.147. The number of ether oxygens (including phenoxy) is 1. The molecule has 2 fully saturated rings. The Morgan fingerprint density at radius 3 is 2.83 bits per heavy atom. The molecule has 96 valence electrons. The highest BCUT2D eigenvalue weighted by atomic mass is 16.5. The number of allylic oxidation sites excluding steroid dienone is 2. The minimum absolute atomic E-state index is 0.0119. The number of rotatable bonds is 3. The highest BCUT2D eigenvalue weighted by Gasteiger charge is 2.53. The summed E-state index contributed by atoms with van der Waals surface area (Å²) in [7, 11) is 0. The first-order chi connectivity index (χ1) is 8.65. The first kappa shape index (κ1) is 11.5. The molecule has 0 aromatic heterocycles. The van der Waals surface area contributed by atoms with Crippen molar-refractivity contribution in [2.75, 3.05) is 0 Å². The zero-order valence-corrected chi connectivity index (χ0v) is 9.99. The van der Waals surface area contributed by atoms with E-state index >= 15 is 0 Å². The molecule has 2 saturated carbocycles. The summed E-state index contributed by atoms with van der Waals surface area (Å²) in [4.78, 5) is 21.8. The molecule has 4 heteroatoms. The second-order valence-electron chi connectivity index (χ2n) is 5.45. The van der Waals surface area contributed by atoms with Crippen LogP contribution < -0.4 is 0 Å². The van der Waals surface area contributed by atoms with Crippen LogP contribution in [0.25, 0.3) is 0 Å². The Kier molecular flexibility index (Phi) is 2.73. The van der Waals surface area contributed by atoms with E-state index in [1.165, 1.54) is 0 Å². The van der Waals surface area contributed by atoms with E-state index in [0.29, 0.717) is 23.7 Å². The Morgan fingerprint density at radius 1 is 1.22 bits per heavy atom. The largest absolute Gasteiger partial charge is 0.478 e. The standard InChI is InChI=1S/C14H16O4/c15-13(16)4-5-14(17)18-12-7-8-6-11(12)10-3-1-2-9(8)10/h1-2,4-5,8-12H,3,6-7H2,(H,15,16)/b5-4-. The van der Waals surface area contributed by atoms with Crippen LogP contribution in [-0.2, 0) is 14.3 Å². The Hall–Kier alpha value is -1.58. The Labute approximate surface area is 105 Å². The van der Waals surface area contributed by atoms with Crippen LogP contribution in [0.3, 0.4) is 0 Å². The minimum Gasteiger partial charge on any atom is -0.478 e. The molecule has 3 aliphatic carbocycles. The number of carboxylic acids is 1. The van der Waals surface area contributed by atoms with Crippen molar-refractivity contribution in [1.29, 1.82) is 0 Å². The third kappa shape index (κ3) is 1.85. The number of carboxylic acid groups (broad SMARTS) is 1. The van der Waals surface area contributed by atoms with Crippen molar-refractivity contribution < 1.29 is 19.4 Å². The first-order valence-corrected chi connectivity index (χ1v) is 6.43. The summed E-state index contributed by atoms with van der Waals surface area (Å²) < 4.78 is 5.39. The van der Waals surface area contributed by atoms with Crippen LogP contribution in [0.4, 0.5) is 0 Å². The van der Waals surface area contributed by atoms with E-state index < -0.39 is 11.9 Å². The van der Waals surface area contributed by atoms with Crippen LogP contribution in [-0.4, -0.2) is 23.1 Å². The van der Waals surface area contributed by atoms with Crippen molar-refractivity contribution in [3.63, 3.8) is 0 Å². The van der Waals surface area contributed by atoms with Crippen molar-refractivity contribution in [1.82, 2.24) is 0 Å². The van der Waals surface area contributed by atoms with Crippen LogP contribution in [0, 0.1) is 23.7 Å². The fraction of sp³-hybridized carbons (Fsp3) is 0.571. The van der Waals surface area contributed by atoms with E-state index in [0.717, 1.165) is 31.4 Å². The lowest BCUT2D eigenvalue weighted by atomic mass is 9.80. The van der Waals surface area contributed by atoms with Gasteiger partial charge in [-0.15, -0.1) is 0 Å². The monoisotopic (exact) mass is 248 g/mol. The molecule has 5 unspecified atom stereocenters. The predicted molar refractivity (Wildman–Crippen MR) is 63.6 cm³/mol. The summed E-state index contributed by atoms with van der Waals surface area (Å²) >= 11 is 0. The lowest BCUT2D eigenvalue weighted by Crippen LogP contribution is -2.31. The van der Waals surface area contributed by atoms with Gasteiger partial charge >= 0.3 is 11.9 Å². The molecule has 18 heavy (non-hydrogen) atoms. The number of aliphatic carboxylic acids is 1. The van der Waals surface area contributed by atoms with Gasteiger partial charge in [-0.25, -0.2) is 9.59 Å². The molecular weight excluding hydrogens is 232 g/mol. The van der Waals surface area contributed by atoms with Crippen molar-refractivity contribution >= 4 is 11.9 Å². The van der Waals surface area contributed by atoms with Gasteiger partial charge in [0.25, 0.3) is 0 Å². The molecule has 5 atom stereocenters. The molecule has 0 saturated heterocycles. The fourth-order valence-electron chi connectivity index (χ4n) is 3.96. The van der Waals surface area contributed by atoms with Gasteiger partial charge in [0.2, 0.25) is 0 Å². The van der Waals surface area contributed by atoms with Gasteiger partial charge in [0.05, 0.1) is 0 Å². The molecule has 2 bridgehead atoms. The van der Waals surface area contributed by atoms with Gasteiger partial charge in [0.1, 0.15) is 6.10 Å². The van der Waals surface area contributed by atoms with E-state index in [4.69, 9.17) is 9.84 Å². The summed E-state index contributed by atoms with van der Waals surface area (Å²) in [5, 5.41) is 8.45. The molecule has 3 aliphatic rings. The molecule has 1 N–H and O–H groups in total. The smallest absolute Gasteiger partial charge is 0.331 e. The van der Waals surface area contributed by atoms with E-state index in [1.807, 2.05) is 0 Å². The summed E-state index contributed by atoms with van der Waals surface area (Å²) in [6, 6.07) is 0. The lowest BCUT2D eigenvalue weighted by Gasteiger charge is -2.30. The quantitative estimate of drug-likeness (QED) is 0.469. The maximum Gasteiger partial charge on any atom is 0.331 e. The third-order valence-electron chi connectivity index (χ3n) is 4.57.